The van der Waals surface area contributed by atoms with Crippen LogP contribution in [0.5, 0.6) is 5.75 Å². The minimum Gasteiger partial charge on any atom is -0.484 e. The molecule has 2 saturated heterocycles. The van der Waals surface area contributed by atoms with Crippen LogP contribution in [0.4, 0.5) is 21.0 Å². The van der Waals surface area contributed by atoms with Crippen LogP contribution >= 0.6 is 0 Å². The van der Waals surface area contributed by atoms with Crippen molar-refractivity contribution < 1.29 is 23.8 Å². The molecule has 2 amide bonds. The van der Waals surface area contributed by atoms with E-state index in [1.54, 1.807) is 0 Å². The predicted molar refractivity (Wildman–Crippen MR) is 218 cm³/mol. The molecule has 2 aromatic carbocycles. The number of anilines is 2. The van der Waals surface area contributed by atoms with E-state index >= 15 is 4.39 Å². The second-order valence-corrected chi connectivity index (χ2v) is 16.5. The molecule has 5 aromatic rings. The van der Waals surface area contributed by atoms with Crippen LogP contribution < -0.4 is 20.3 Å². The van der Waals surface area contributed by atoms with E-state index in [0.29, 0.717) is 36.4 Å². The fraction of sp³-hybridized carbons (Fsp3) is 0.465. The molecule has 2 fully saturated rings. The number of piperidine rings is 1. The smallest absolute Gasteiger partial charge is 0.320 e. The molecule has 13 nitrogen and oxygen atoms in total. The minimum atomic E-state index is -0.394. The van der Waals surface area contributed by atoms with Gasteiger partial charge in [-0.05, 0) is 113 Å². The van der Waals surface area contributed by atoms with E-state index in [0.717, 1.165) is 72.2 Å². The van der Waals surface area contributed by atoms with E-state index in [-0.39, 0.29) is 30.1 Å². The lowest BCUT2D eigenvalue weighted by atomic mass is 9.85. The van der Waals surface area contributed by atoms with Crippen LogP contribution in [0.15, 0.2) is 66.9 Å². The Morgan fingerprint density at radius 3 is 2.39 bits per heavy atom. The molecule has 8 rings (SSSR count). The van der Waals surface area contributed by atoms with E-state index in [1.807, 2.05) is 53.1 Å². The van der Waals surface area contributed by atoms with Gasteiger partial charge in [0.15, 0.2) is 5.65 Å². The molecule has 1 aliphatic carbocycles. The maximum Gasteiger partial charge on any atom is 0.320 e. The molecule has 14 heteroatoms. The van der Waals surface area contributed by atoms with Gasteiger partial charge in [-0.3, -0.25) is 19.4 Å². The van der Waals surface area contributed by atoms with Crippen molar-refractivity contribution in [3.05, 3.63) is 95.1 Å². The molecule has 3 aromatic heterocycles. The number of amides is 2. The van der Waals surface area contributed by atoms with Crippen LogP contribution in [-0.2, 0) is 16.8 Å². The van der Waals surface area contributed by atoms with Gasteiger partial charge in [-0.1, -0.05) is 51.1 Å². The van der Waals surface area contributed by atoms with Crippen molar-refractivity contribution >= 4 is 29.9 Å². The van der Waals surface area contributed by atoms with Crippen molar-refractivity contribution in [1.82, 2.24) is 34.6 Å². The van der Waals surface area contributed by atoms with Gasteiger partial charge in [0, 0.05) is 30.1 Å². The summed E-state index contributed by atoms with van der Waals surface area (Å²) in [5, 5.41) is 27.0. The van der Waals surface area contributed by atoms with E-state index in [9.17, 15) is 4.79 Å². The first kappa shape index (κ1) is 39.7. The third kappa shape index (κ3) is 8.75. The van der Waals surface area contributed by atoms with Gasteiger partial charge >= 0.3 is 6.03 Å². The summed E-state index contributed by atoms with van der Waals surface area (Å²) in [6.07, 6.45) is 9.04. The summed E-state index contributed by atoms with van der Waals surface area (Å²) in [6.45, 7) is 13.3. The number of carbonyl (C=O) groups is 2. The van der Waals surface area contributed by atoms with Crippen LogP contribution in [0.25, 0.3) is 11.3 Å². The van der Waals surface area contributed by atoms with Crippen LogP contribution in [0.3, 0.4) is 0 Å². The molecular formula is C43H54FN9O4. The number of aromatic nitrogens is 5. The molecule has 0 radical (unpaired) electrons. The Hall–Kier alpha value is -5.50. The second-order valence-electron chi connectivity index (χ2n) is 16.5. The molecule has 302 valence electrons. The summed E-state index contributed by atoms with van der Waals surface area (Å²) in [5.74, 6) is 1.61. The summed E-state index contributed by atoms with van der Waals surface area (Å²) in [6, 6.07) is 19.2. The Morgan fingerprint density at radius 1 is 0.947 bits per heavy atom. The number of halogens is 1. The van der Waals surface area contributed by atoms with Crippen LogP contribution in [0.1, 0.15) is 114 Å². The van der Waals surface area contributed by atoms with Crippen LogP contribution in [-0.4, -0.2) is 72.1 Å². The van der Waals surface area contributed by atoms with Gasteiger partial charge in [0.1, 0.15) is 29.2 Å². The number of pyridine rings is 1. The first-order chi connectivity index (χ1) is 27.4. The Labute approximate surface area is 333 Å². The van der Waals surface area contributed by atoms with Gasteiger partial charge in [0.05, 0.1) is 17.9 Å². The number of ether oxygens (including phenoxy) is 1. The molecule has 3 N–H and O–H groups in total. The van der Waals surface area contributed by atoms with Gasteiger partial charge in [0.25, 0.3) is 6.47 Å². The molecule has 0 bridgehead atoms. The summed E-state index contributed by atoms with van der Waals surface area (Å²) >= 11 is 0. The van der Waals surface area contributed by atoms with E-state index < -0.39 is 5.82 Å². The predicted octanol–water partition coefficient (Wildman–Crippen LogP) is 8.19. The summed E-state index contributed by atoms with van der Waals surface area (Å²) < 4.78 is 25.8. The molecule has 5 heterocycles. The third-order valence-corrected chi connectivity index (χ3v) is 11.4. The van der Waals surface area contributed by atoms with Crippen molar-refractivity contribution in [3.63, 3.8) is 0 Å². The molecule has 0 saturated carbocycles. The summed E-state index contributed by atoms with van der Waals surface area (Å²) in [7, 11) is 0. The van der Waals surface area contributed by atoms with Crippen LogP contribution in [0.2, 0.25) is 0 Å². The highest BCUT2D eigenvalue weighted by Gasteiger charge is 2.32. The lowest BCUT2D eigenvalue weighted by molar-refractivity contribution is -0.122. The van der Waals surface area contributed by atoms with Crippen LogP contribution in [0, 0.1) is 5.82 Å². The Bertz CT molecular complexity index is 2180. The zero-order chi connectivity index (χ0) is 40.3. The number of rotatable bonds is 8. The highest BCUT2D eigenvalue weighted by Crippen LogP contribution is 2.39. The number of hydrogen-bond acceptors (Lipinski definition) is 8. The number of likely N-dealkylation sites (tertiary alicyclic amines) is 1. The molecule has 4 atom stereocenters. The molecule has 3 aliphatic rings. The zero-order valence-electron chi connectivity index (χ0n) is 33.5. The highest BCUT2D eigenvalue weighted by atomic mass is 19.1. The number of urea groups is 1. The SMILES string of the molecule is C[C@@H]1CCC[C@H](C)N1c1nnc2ccc(O[C@@H]3CC[C@H](NC(=O)Nc4cc(C(C)(C)C)nn4-c4cc(CN5CCCC5)ccc4F)c4ccccc43)cn12.O=CO. The number of hydrogen-bond donors (Lipinski definition) is 3. The Morgan fingerprint density at radius 2 is 1.67 bits per heavy atom. The van der Waals surface area contributed by atoms with E-state index in [1.165, 1.54) is 30.0 Å². The van der Waals surface area contributed by atoms with Gasteiger partial charge < -0.3 is 20.1 Å². The number of fused-ring (bicyclic) bond motifs is 2. The van der Waals surface area contributed by atoms with E-state index in [4.69, 9.17) is 19.7 Å². The molecule has 0 spiro atoms. The first-order valence-corrected chi connectivity index (χ1v) is 20.1. The van der Waals surface area contributed by atoms with Crippen molar-refractivity contribution in [3.8, 4) is 11.4 Å². The summed E-state index contributed by atoms with van der Waals surface area (Å²) in [5.41, 5.74) is 4.60. The van der Waals surface area contributed by atoms with Gasteiger partial charge in [-0.15, -0.1) is 10.2 Å². The fourth-order valence-electron chi connectivity index (χ4n) is 8.46. The lowest BCUT2D eigenvalue weighted by Crippen LogP contribution is -2.44. The highest BCUT2D eigenvalue weighted by molar-refractivity contribution is 5.89. The standard InChI is InChI=1S/C42H52FN9O2.CH2O2/c1-27-11-10-12-28(2)51(27)41-47-46-38-20-16-30(26-50(38)41)54-36-19-18-34(31-13-6-7-14-32(31)36)44-40(53)45-39-24-37(42(3,4)5)48-52(39)35-23-29(15-17-33(35)43)25-49-21-8-9-22-49;2-1-3/h6-7,13-17,20,23-24,26-28,34,36H,8-12,18-19,21-22,25H2,1-5H3,(H2,44,45,53);1H,(H,2,3)/t27-,28+,34-,36+;/m0./s1. The van der Waals surface area contributed by atoms with Crippen molar-refractivity contribution in [2.45, 2.75) is 116 Å². The molecular weight excluding hydrogens is 726 g/mol. The van der Waals surface area contributed by atoms with Crippen molar-refractivity contribution in [1.29, 1.82) is 0 Å². The molecule has 57 heavy (non-hydrogen) atoms. The number of carbonyl (C=O) groups excluding carboxylic acids is 1. The number of carboxylic acid groups (broad SMARTS) is 1. The first-order valence-electron chi connectivity index (χ1n) is 20.1. The van der Waals surface area contributed by atoms with Gasteiger partial charge in [-0.2, -0.15) is 5.10 Å². The Balaban J connectivity index is 0.00000160. The number of nitrogens with one attached hydrogen (secondary N) is 2. The van der Waals surface area contributed by atoms with E-state index in [2.05, 4.69) is 77.4 Å². The fourth-order valence-corrected chi connectivity index (χ4v) is 8.46. The van der Waals surface area contributed by atoms with Crippen molar-refractivity contribution in [2.24, 2.45) is 0 Å². The third-order valence-electron chi connectivity index (χ3n) is 11.4. The molecule has 2 aliphatic heterocycles. The molecule has 0 unspecified atom stereocenters. The quantitative estimate of drug-likeness (QED) is 0.133. The summed E-state index contributed by atoms with van der Waals surface area (Å²) in [4.78, 5) is 26.9. The zero-order valence-corrected chi connectivity index (χ0v) is 33.5. The monoisotopic (exact) mass is 779 g/mol. The maximum absolute atomic E-state index is 15.5. The Kier molecular flexibility index (Phi) is 11.8. The number of benzene rings is 2. The second kappa shape index (κ2) is 16.9. The average molecular weight is 780 g/mol. The normalized spacial score (nSPS) is 21.1. The van der Waals surface area contributed by atoms with Crippen molar-refractivity contribution in [2.75, 3.05) is 23.3 Å². The largest absolute Gasteiger partial charge is 0.484 e. The lowest BCUT2D eigenvalue weighted by Gasteiger charge is -2.39. The van der Waals surface area contributed by atoms with Gasteiger partial charge in [-0.25, -0.2) is 13.9 Å². The topological polar surface area (TPSA) is 142 Å². The average Bonchev–Trinajstić information content (AvgIpc) is 3.95. The maximum atomic E-state index is 15.5. The number of nitrogens with zero attached hydrogens (tertiary/aromatic N) is 7. The minimum absolute atomic E-state index is 0.195. The van der Waals surface area contributed by atoms with Gasteiger partial charge in [0.2, 0.25) is 5.95 Å².